The standard InChI is InChI=1S/C12H11F2NO5.ClH/c1-17-7-2-6(3-8-9(7)20-5-19-8)10-12(13,14)4-18-11(16)15-10;/h2-3,10H,4-5H2,1H3,(H,15,16);1H/t10-;/m0./s1. The first-order valence-electron chi connectivity index (χ1n) is 5.80. The first kappa shape index (κ1) is 15.4. The van der Waals surface area contributed by atoms with Crippen LogP contribution >= 0.6 is 12.4 Å². The van der Waals surface area contributed by atoms with E-state index in [0.29, 0.717) is 11.5 Å². The van der Waals surface area contributed by atoms with E-state index in [1.165, 1.54) is 19.2 Å². The highest BCUT2D eigenvalue weighted by atomic mass is 35.5. The molecule has 21 heavy (non-hydrogen) atoms. The number of cyclic esters (lactones) is 1. The van der Waals surface area contributed by atoms with Crippen molar-refractivity contribution in [1.82, 2.24) is 5.32 Å². The zero-order valence-corrected chi connectivity index (χ0v) is 11.7. The summed E-state index contributed by atoms with van der Waals surface area (Å²) >= 11 is 0. The number of carbonyl (C=O) groups excluding carboxylic acids is 1. The van der Waals surface area contributed by atoms with Gasteiger partial charge in [-0.15, -0.1) is 12.4 Å². The van der Waals surface area contributed by atoms with Crippen molar-refractivity contribution >= 4 is 18.5 Å². The molecule has 2 heterocycles. The maximum atomic E-state index is 13.9. The van der Waals surface area contributed by atoms with Gasteiger partial charge in [0.05, 0.1) is 7.11 Å². The van der Waals surface area contributed by atoms with Crippen molar-refractivity contribution in [3.8, 4) is 17.2 Å². The van der Waals surface area contributed by atoms with Crippen molar-refractivity contribution in [3.05, 3.63) is 17.7 Å². The van der Waals surface area contributed by atoms with Gasteiger partial charge in [-0.1, -0.05) is 0 Å². The average Bonchev–Trinajstić information content (AvgIpc) is 2.88. The molecule has 0 radical (unpaired) electrons. The van der Waals surface area contributed by atoms with E-state index in [0.717, 1.165) is 0 Å². The molecule has 1 aromatic rings. The molecule has 0 aliphatic carbocycles. The van der Waals surface area contributed by atoms with Gasteiger partial charge >= 0.3 is 12.0 Å². The van der Waals surface area contributed by atoms with Gasteiger partial charge in [0.1, 0.15) is 6.04 Å². The lowest BCUT2D eigenvalue weighted by Gasteiger charge is -2.32. The third-order valence-corrected chi connectivity index (χ3v) is 3.09. The number of alkyl halides is 2. The summed E-state index contributed by atoms with van der Waals surface area (Å²) in [7, 11) is 1.39. The van der Waals surface area contributed by atoms with E-state index in [1.54, 1.807) is 0 Å². The Hall–Kier alpha value is -1.96. The number of hydrogen-bond donors (Lipinski definition) is 1. The van der Waals surface area contributed by atoms with Crippen LogP contribution in [0.25, 0.3) is 0 Å². The van der Waals surface area contributed by atoms with E-state index < -0.39 is 24.7 Å². The normalized spacial score (nSPS) is 21.9. The number of amides is 1. The summed E-state index contributed by atoms with van der Waals surface area (Å²) in [6.07, 6.45) is -0.891. The molecule has 1 atom stereocenters. The number of carbonyl (C=O) groups is 1. The van der Waals surface area contributed by atoms with Gasteiger partial charge < -0.3 is 24.3 Å². The van der Waals surface area contributed by atoms with E-state index in [2.05, 4.69) is 10.1 Å². The summed E-state index contributed by atoms with van der Waals surface area (Å²) in [5.41, 5.74) is 0.160. The Morgan fingerprint density at radius 2 is 2.10 bits per heavy atom. The Labute approximate surface area is 124 Å². The Bertz CT molecular complexity index is 569. The van der Waals surface area contributed by atoms with Crippen LogP contribution in [-0.4, -0.2) is 32.5 Å². The number of ether oxygens (including phenoxy) is 4. The molecule has 0 saturated carbocycles. The van der Waals surface area contributed by atoms with Crippen molar-refractivity contribution in [2.24, 2.45) is 0 Å². The molecule has 1 amide bonds. The van der Waals surface area contributed by atoms with Crippen molar-refractivity contribution in [1.29, 1.82) is 0 Å². The summed E-state index contributed by atoms with van der Waals surface area (Å²) < 4.78 is 47.5. The van der Waals surface area contributed by atoms with Gasteiger partial charge in [0.2, 0.25) is 12.5 Å². The maximum absolute atomic E-state index is 13.9. The molecular weight excluding hydrogens is 312 g/mol. The van der Waals surface area contributed by atoms with Gasteiger partial charge in [0.15, 0.2) is 18.1 Å². The van der Waals surface area contributed by atoms with E-state index >= 15 is 0 Å². The number of fused-ring (bicyclic) bond motifs is 1. The van der Waals surface area contributed by atoms with Crippen molar-refractivity contribution in [3.63, 3.8) is 0 Å². The molecule has 2 aliphatic rings. The fourth-order valence-electron chi connectivity index (χ4n) is 2.15. The summed E-state index contributed by atoms with van der Waals surface area (Å²) in [5.74, 6) is -2.30. The molecule has 9 heteroatoms. The molecule has 2 aliphatic heterocycles. The van der Waals surface area contributed by atoms with Crippen molar-refractivity contribution in [2.45, 2.75) is 12.0 Å². The van der Waals surface area contributed by atoms with E-state index in [9.17, 15) is 13.6 Å². The van der Waals surface area contributed by atoms with Crippen molar-refractivity contribution < 1.29 is 32.5 Å². The van der Waals surface area contributed by atoms with Gasteiger partial charge in [-0.3, -0.25) is 0 Å². The molecule has 1 N–H and O–H groups in total. The summed E-state index contributed by atoms with van der Waals surface area (Å²) in [6.45, 7) is -0.980. The van der Waals surface area contributed by atoms with Crippen LogP contribution in [0.4, 0.5) is 13.6 Å². The van der Waals surface area contributed by atoms with Gasteiger partial charge in [0.25, 0.3) is 0 Å². The van der Waals surface area contributed by atoms with Crippen LogP contribution in [0.2, 0.25) is 0 Å². The second-order valence-electron chi connectivity index (χ2n) is 4.37. The number of halogens is 3. The highest BCUT2D eigenvalue weighted by Gasteiger charge is 2.47. The van der Waals surface area contributed by atoms with Gasteiger partial charge in [-0.05, 0) is 17.7 Å². The number of alkyl carbamates (subject to hydrolysis) is 1. The molecule has 1 aromatic carbocycles. The average molecular weight is 324 g/mol. The third-order valence-electron chi connectivity index (χ3n) is 3.09. The lowest BCUT2D eigenvalue weighted by Crippen LogP contribution is -2.49. The lowest BCUT2D eigenvalue weighted by atomic mass is 9.99. The minimum atomic E-state index is -3.23. The highest BCUT2D eigenvalue weighted by molar-refractivity contribution is 5.85. The number of rotatable bonds is 2. The van der Waals surface area contributed by atoms with Crippen LogP contribution in [-0.2, 0) is 4.74 Å². The molecule has 3 rings (SSSR count). The van der Waals surface area contributed by atoms with Crippen LogP contribution in [0.15, 0.2) is 12.1 Å². The fourth-order valence-corrected chi connectivity index (χ4v) is 2.15. The Kier molecular flexibility index (Phi) is 3.99. The zero-order valence-electron chi connectivity index (χ0n) is 10.9. The molecule has 0 bridgehead atoms. The summed E-state index contributed by atoms with van der Waals surface area (Å²) in [4.78, 5) is 11.2. The quantitative estimate of drug-likeness (QED) is 0.904. The highest BCUT2D eigenvalue weighted by Crippen LogP contribution is 2.45. The first-order valence-corrected chi connectivity index (χ1v) is 5.80. The molecule has 6 nitrogen and oxygen atoms in total. The van der Waals surface area contributed by atoms with Gasteiger partial charge in [-0.2, -0.15) is 0 Å². The van der Waals surface area contributed by atoms with Crippen LogP contribution < -0.4 is 19.5 Å². The molecule has 1 fully saturated rings. The lowest BCUT2D eigenvalue weighted by molar-refractivity contribution is -0.104. The predicted molar refractivity (Wildman–Crippen MR) is 68.5 cm³/mol. The second-order valence-corrected chi connectivity index (χ2v) is 4.37. The molecular formula is C12H12ClF2NO5. The largest absolute Gasteiger partial charge is 0.493 e. The monoisotopic (exact) mass is 323 g/mol. The molecule has 0 unspecified atom stereocenters. The minimum Gasteiger partial charge on any atom is -0.493 e. The van der Waals surface area contributed by atoms with E-state index in [1.807, 2.05) is 0 Å². The zero-order chi connectivity index (χ0) is 14.3. The summed E-state index contributed by atoms with van der Waals surface area (Å²) in [5, 5.41) is 2.10. The number of nitrogens with one attached hydrogen (secondary N) is 1. The first-order chi connectivity index (χ1) is 9.51. The smallest absolute Gasteiger partial charge is 0.408 e. The number of benzene rings is 1. The predicted octanol–water partition coefficient (Wildman–Crippen LogP) is 2.26. The number of methoxy groups -OCH3 is 1. The molecule has 1 saturated heterocycles. The van der Waals surface area contributed by atoms with E-state index in [-0.39, 0.29) is 30.5 Å². The topological polar surface area (TPSA) is 66.0 Å². The van der Waals surface area contributed by atoms with Crippen LogP contribution in [0.3, 0.4) is 0 Å². The minimum absolute atomic E-state index is 0. The molecule has 116 valence electrons. The SMILES string of the molecule is COc1cc([C@@H]2NC(=O)OCC2(F)F)cc2c1OCO2.Cl. The van der Waals surface area contributed by atoms with Gasteiger partial charge in [-0.25, -0.2) is 13.6 Å². The third kappa shape index (κ3) is 2.63. The van der Waals surface area contributed by atoms with Gasteiger partial charge in [0, 0.05) is 0 Å². The summed E-state index contributed by atoms with van der Waals surface area (Å²) in [6, 6.07) is 1.28. The Morgan fingerprint density at radius 1 is 1.33 bits per heavy atom. The Balaban J connectivity index is 0.00000161. The Morgan fingerprint density at radius 3 is 2.81 bits per heavy atom. The number of hydrogen-bond acceptors (Lipinski definition) is 5. The van der Waals surface area contributed by atoms with Crippen LogP contribution in [0.5, 0.6) is 17.2 Å². The second kappa shape index (κ2) is 5.44. The van der Waals surface area contributed by atoms with Crippen molar-refractivity contribution in [2.75, 3.05) is 20.5 Å². The molecule has 0 aromatic heterocycles. The fraction of sp³-hybridized carbons (Fsp3) is 0.417. The van der Waals surface area contributed by atoms with Crippen LogP contribution in [0.1, 0.15) is 11.6 Å². The maximum Gasteiger partial charge on any atom is 0.408 e. The molecule has 0 spiro atoms. The van der Waals surface area contributed by atoms with Crippen LogP contribution in [0, 0.1) is 0 Å². The van der Waals surface area contributed by atoms with E-state index in [4.69, 9.17) is 14.2 Å².